The van der Waals surface area contributed by atoms with E-state index in [1.165, 1.54) is 11.3 Å². The standard InChI is InChI=1S/C12H10ClF3N2S/c13-10-2-1-9(19-10)4-6-18-11-7-8(3-5-17-11)12(14,15)16/h1-3,5,7H,4,6H2,(H,17,18). The van der Waals surface area contributed by atoms with E-state index < -0.39 is 11.7 Å². The molecule has 0 spiro atoms. The first-order chi connectivity index (χ1) is 8.95. The maximum absolute atomic E-state index is 12.5. The van der Waals surface area contributed by atoms with Crippen LogP contribution in [0.15, 0.2) is 30.5 Å². The first-order valence-corrected chi connectivity index (χ1v) is 6.66. The van der Waals surface area contributed by atoms with E-state index in [0.29, 0.717) is 17.3 Å². The molecule has 0 aliphatic carbocycles. The van der Waals surface area contributed by atoms with Gasteiger partial charge in [0.25, 0.3) is 0 Å². The Hall–Kier alpha value is -1.27. The van der Waals surface area contributed by atoms with Gasteiger partial charge in [-0.05, 0) is 30.7 Å². The number of alkyl halides is 3. The normalized spacial score (nSPS) is 11.6. The molecule has 0 radical (unpaired) electrons. The average Bonchev–Trinajstić information content (AvgIpc) is 2.74. The molecule has 0 aliphatic rings. The average molecular weight is 307 g/mol. The van der Waals surface area contributed by atoms with Gasteiger partial charge in [0.15, 0.2) is 0 Å². The van der Waals surface area contributed by atoms with E-state index in [1.807, 2.05) is 6.07 Å². The van der Waals surface area contributed by atoms with Gasteiger partial charge >= 0.3 is 6.18 Å². The van der Waals surface area contributed by atoms with Crippen molar-refractivity contribution in [3.63, 3.8) is 0 Å². The third-order valence-corrected chi connectivity index (χ3v) is 3.68. The molecule has 0 atom stereocenters. The Balaban J connectivity index is 1.93. The molecule has 0 saturated carbocycles. The molecule has 0 aliphatic heterocycles. The van der Waals surface area contributed by atoms with Crippen LogP contribution in [-0.4, -0.2) is 11.5 Å². The summed E-state index contributed by atoms with van der Waals surface area (Å²) in [7, 11) is 0. The number of pyridine rings is 1. The number of nitrogens with one attached hydrogen (secondary N) is 1. The number of halogens is 4. The fraction of sp³-hybridized carbons (Fsp3) is 0.250. The first kappa shape index (κ1) is 14.1. The lowest BCUT2D eigenvalue weighted by atomic mass is 10.2. The van der Waals surface area contributed by atoms with Gasteiger partial charge in [-0.3, -0.25) is 0 Å². The van der Waals surface area contributed by atoms with Crippen molar-refractivity contribution in [1.29, 1.82) is 0 Å². The van der Waals surface area contributed by atoms with E-state index in [4.69, 9.17) is 11.6 Å². The van der Waals surface area contributed by atoms with Gasteiger partial charge in [-0.15, -0.1) is 11.3 Å². The van der Waals surface area contributed by atoms with E-state index in [2.05, 4.69) is 10.3 Å². The molecule has 1 N–H and O–H groups in total. The molecule has 2 heterocycles. The Morgan fingerprint density at radius 2 is 2.05 bits per heavy atom. The maximum Gasteiger partial charge on any atom is 0.416 e. The van der Waals surface area contributed by atoms with Crippen LogP contribution in [0, 0.1) is 0 Å². The number of nitrogens with zero attached hydrogens (tertiary/aromatic N) is 1. The zero-order valence-corrected chi connectivity index (χ0v) is 11.2. The number of aromatic nitrogens is 1. The summed E-state index contributed by atoms with van der Waals surface area (Å²) in [5.41, 5.74) is -0.704. The molecule has 2 rings (SSSR count). The molecule has 0 bridgehead atoms. The summed E-state index contributed by atoms with van der Waals surface area (Å²) in [6.07, 6.45) is -2.51. The van der Waals surface area contributed by atoms with Crippen molar-refractivity contribution in [3.05, 3.63) is 45.2 Å². The second-order valence-electron chi connectivity index (χ2n) is 3.81. The summed E-state index contributed by atoms with van der Waals surface area (Å²) < 4.78 is 38.2. The molecule has 7 heteroatoms. The number of thiophene rings is 1. The Morgan fingerprint density at radius 1 is 1.26 bits per heavy atom. The van der Waals surface area contributed by atoms with Crippen LogP contribution in [0.2, 0.25) is 4.34 Å². The van der Waals surface area contributed by atoms with Gasteiger partial charge in [0, 0.05) is 17.6 Å². The van der Waals surface area contributed by atoms with Crippen molar-refractivity contribution in [2.75, 3.05) is 11.9 Å². The summed E-state index contributed by atoms with van der Waals surface area (Å²) in [5.74, 6) is 0.220. The van der Waals surface area contributed by atoms with E-state index in [-0.39, 0.29) is 5.82 Å². The molecule has 0 amide bonds. The lowest BCUT2D eigenvalue weighted by molar-refractivity contribution is -0.137. The lowest BCUT2D eigenvalue weighted by Crippen LogP contribution is -2.09. The molecule has 0 unspecified atom stereocenters. The first-order valence-electron chi connectivity index (χ1n) is 5.46. The van der Waals surface area contributed by atoms with Gasteiger partial charge in [0.2, 0.25) is 0 Å². The SMILES string of the molecule is FC(F)(F)c1ccnc(NCCc2ccc(Cl)s2)c1. The van der Waals surface area contributed by atoms with Crippen LogP contribution in [0.1, 0.15) is 10.4 Å². The fourth-order valence-corrected chi connectivity index (χ4v) is 2.59. The summed E-state index contributed by atoms with van der Waals surface area (Å²) in [6.45, 7) is 0.505. The number of rotatable bonds is 4. The number of hydrogen-bond acceptors (Lipinski definition) is 3. The van der Waals surface area contributed by atoms with Crippen LogP contribution in [0.25, 0.3) is 0 Å². The highest BCUT2D eigenvalue weighted by Crippen LogP contribution is 2.29. The van der Waals surface area contributed by atoms with Gasteiger partial charge in [0.05, 0.1) is 9.90 Å². The van der Waals surface area contributed by atoms with Crippen LogP contribution in [0.3, 0.4) is 0 Å². The van der Waals surface area contributed by atoms with Crippen LogP contribution in [0.5, 0.6) is 0 Å². The highest BCUT2D eigenvalue weighted by Gasteiger charge is 2.30. The minimum absolute atomic E-state index is 0.220. The van der Waals surface area contributed by atoms with Gasteiger partial charge in [-0.2, -0.15) is 13.2 Å². The molecule has 2 aromatic heterocycles. The summed E-state index contributed by atoms with van der Waals surface area (Å²) in [5, 5.41) is 2.87. The predicted molar refractivity (Wildman–Crippen MR) is 70.8 cm³/mol. The monoisotopic (exact) mass is 306 g/mol. The van der Waals surface area contributed by atoms with Crippen LogP contribution >= 0.6 is 22.9 Å². The number of anilines is 1. The summed E-state index contributed by atoms with van der Waals surface area (Å²) in [6, 6.07) is 5.64. The largest absolute Gasteiger partial charge is 0.416 e. The Bertz CT molecular complexity index is 554. The molecule has 2 nitrogen and oxygen atoms in total. The van der Waals surface area contributed by atoms with Crippen molar-refractivity contribution < 1.29 is 13.2 Å². The molecular weight excluding hydrogens is 297 g/mol. The third-order valence-electron chi connectivity index (χ3n) is 2.39. The smallest absolute Gasteiger partial charge is 0.370 e. The predicted octanol–water partition coefficient (Wildman–Crippen LogP) is 4.47. The number of hydrogen-bond donors (Lipinski definition) is 1. The highest BCUT2D eigenvalue weighted by molar-refractivity contribution is 7.16. The second-order valence-corrected chi connectivity index (χ2v) is 5.61. The molecule has 102 valence electrons. The third kappa shape index (κ3) is 4.11. The van der Waals surface area contributed by atoms with Crippen LogP contribution in [0.4, 0.5) is 19.0 Å². The van der Waals surface area contributed by atoms with Gasteiger partial charge in [-0.1, -0.05) is 11.6 Å². The highest BCUT2D eigenvalue weighted by atomic mass is 35.5. The zero-order chi connectivity index (χ0) is 13.9. The van der Waals surface area contributed by atoms with E-state index in [9.17, 15) is 13.2 Å². The van der Waals surface area contributed by atoms with Crippen molar-refractivity contribution >= 4 is 28.8 Å². The van der Waals surface area contributed by atoms with Gasteiger partial charge in [-0.25, -0.2) is 4.98 Å². The zero-order valence-electron chi connectivity index (χ0n) is 9.67. The van der Waals surface area contributed by atoms with Gasteiger partial charge < -0.3 is 5.32 Å². The van der Waals surface area contributed by atoms with E-state index in [1.54, 1.807) is 6.07 Å². The molecule has 0 aromatic carbocycles. The van der Waals surface area contributed by atoms with Gasteiger partial charge in [0.1, 0.15) is 5.82 Å². The van der Waals surface area contributed by atoms with E-state index in [0.717, 1.165) is 23.2 Å². The minimum atomic E-state index is -4.35. The van der Waals surface area contributed by atoms with Crippen molar-refractivity contribution in [2.24, 2.45) is 0 Å². The Kier molecular flexibility index (Phi) is 4.31. The van der Waals surface area contributed by atoms with Crippen LogP contribution in [-0.2, 0) is 12.6 Å². The Morgan fingerprint density at radius 3 is 2.68 bits per heavy atom. The molecular formula is C12H10ClF3N2S. The van der Waals surface area contributed by atoms with Crippen molar-refractivity contribution in [3.8, 4) is 0 Å². The van der Waals surface area contributed by atoms with Crippen molar-refractivity contribution in [1.82, 2.24) is 4.98 Å². The quantitative estimate of drug-likeness (QED) is 0.901. The molecule has 19 heavy (non-hydrogen) atoms. The van der Waals surface area contributed by atoms with E-state index >= 15 is 0 Å². The second kappa shape index (κ2) is 5.79. The topological polar surface area (TPSA) is 24.9 Å². The van der Waals surface area contributed by atoms with Crippen molar-refractivity contribution in [2.45, 2.75) is 12.6 Å². The Labute approximate surface area is 117 Å². The van der Waals surface area contributed by atoms with Crippen LogP contribution < -0.4 is 5.32 Å². The molecule has 2 aromatic rings. The molecule has 0 fully saturated rings. The molecule has 0 saturated heterocycles. The summed E-state index contributed by atoms with van der Waals surface area (Å²) in [4.78, 5) is 4.93. The fourth-order valence-electron chi connectivity index (χ4n) is 1.50. The lowest BCUT2D eigenvalue weighted by Gasteiger charge is -2.09. The minimum Gasteiger partial charge on any atom is -0.370 e. The summed E-state index contributed by atoms with van der Waals surface area (Å²) >= 11 is 7.24. The maximum atomic E-state index is 12.5.